The average molecular weight is 284 g/mol. The Morgan fingerprint density at radius 1 is 1.24 bits per heavy atom. The number of hydrogen-bond donors (Lipinski definition) is 2. The van der Waals surface area contributed by atoms with Gasteiger partial charge in [-0.1, -0.05) is 18.2 Å². The topological polar surface area (TPSA) is 75.8 Å². The highest BCUT2D eigenvalue weighted by Crippen LogP contribution is 2.25. The third-order valence-electron chi connectivity index (χ3n) is 3.51. The standard InChI is InChI=1S/C16H16N2O3/c17-14-6-5-12(19)9-13(14)16(20)18-7-8-21-15-4-2-1-3-11(15)10-18/h1-6,9,19H,7-8,10,17H2. The van der Waals surface area contributed by atoms with Crippen LogP contribution in [-0.4, -0.2) is 29.1 Å². The summed E-state index contributed by atoms with van der Waals surface area (Å²) in [6.45, 7) is 1.37. The minimum atomic E-state index is -0.205. The van der Waals surface area contributed by atoms with Crippen LogP contribution < -0.4 is 10.5 Å². The Morgan fingerprint density at radius 3 is 2.90 bits per heavy atom. The fourth-order valence-electron chi connectivity index (χ4n) is 2.40. The van der Waals surface area contributed by atoms with Gasteiger partial charge in [0.05, 0.1) is 12.1 Å². The lowest BCUT2D eigenvalue weighted by molar-refractivity contribution is 0.0734. The quantitative estimate of drug-likeness (QED) is 0.620. The molecular weight excluding hydrogens is 268 g/mol. The van der Waals surface area contributed by atoms with Crippen molar-refractivity contribution in [2.24, 2.45) is 0 Å². The van der Waals surface area contributed by atoms with Gasteiger partial charge in [0.15, 0.2) is 0 Å². The number of carbonyl (C=O) groups is 1. The van der Waals surface area contributed by atoms with E-state index in [2.05, 4.69) is 0 Å². The van der Waals surface area contributed by atoms with Crippen molar-refractivity contribution in [3.63, 3.8) is 0 Å². The van der Waals surface area contributed by atoms with Crippen molar-refractivity contribution in [2.75, 3.05) is 18.9 Å². The van der Waals surface area contributed by atoms with E-state index in [1.54, 1.807) is 4.90 Å². The summed E-state index contributed by atoms with van der Waals surface area (Å²) in [7, 11) is 0. The number of para-hydroxylation sites is 1. The molecule has 0 radical (unpaired) electrons. The van der Waals surface area contributed by atoms with Gasteiger partial charge in [-0.25, -0.2) is 0 Å². The van der Waals surface area contributed by atoms with Gasteiger partial charge in [-0.05, 0) is 24.3 Å². The molecule has 5 nitrogen and oxygen atoms in total. The van der Waals surface area contributed by atoms with Crippen molar-refractivity contribution in [1.82, 2.24) is 4.90 Å². The van der Waals surface area contributed by atoms with Gasteiger partial charge in [0.25, 0.3) is 5.91 Å². The molecule has 0 atom stereocenters. The largest absolute Gasteiger partial charge is 0.508 e. The Bertz CT molecular complexity index is 685. The first-order chi connectivity index (χ1) is 10.1. The zero-order valence-electron chi connectivity index (χ0n) is 11.5. The summed E-state index contributed by atoms with van der Waals surface area (Å²) in [6, 6.07) is 12.0. The van der Waals surface area contributed by atoms with Gasteiger partial charge in [0, 0.05) is 17.8 Å². The van der Waals surface area contributed by atoms with Crippen molar-refractivity contribution in [1.29, 1.82) is 0 Å². The van der Waals surface area contributed by atoms with Gasteiger partial charge in [-0.2, -0.15) is 0 Å². The number of hydrogen-bond acceptors (Lipinski definition) is 4. The number of fused-ring (bicyclic) bond motifs is 1. The maximum atomic E-state index is 12.6. The monoisotopic (exact) mass is 284 g/mol. The number of nitrogen functional groups attached to an aromatic ring is 1. The van der Waals surface area contributed by atoms with Crippen LogP contribution in [0.1, 0.15) is 15.9 Å². The van der Waals surface area contributed by atoms with Crippen LogP contribution in [0, 0.1) is 0 Å². The van der Waals surface area contributed by atoms with Gasteiger partial charge in [-0.3, -0.25) is 4.79 Å². The molecule has 21 heavy (non-hydrogen) atoms. The minimum absolute atomic E-state index is 0.0269. The van der Waals surface area contributed by atoms with Crippen LogP contribution in [0.4, 0.5) is 5.69 Å². The molecule has 0 fully saturated rings. The number of nitrogens with two attached hydrogens (primary N) is 1. The molecule has 2 aromatic rings. The zero-order chi connectivity index (χ0) is 14.8. The Kier molecular flexibility index (Phi) is 3.39. The van der Waals surface area contributed by atoms with E-state index >= 15 is 0 Å². The fourth-order valence-corrected chi connectivity index (χ4v) is 2.40. The Balaban J connectivity index is 1.90. The molecule has 1 aliphatic heterocycles. The molecule has 1 aliphatic rings. The average Bonchev–Trinajstić information content (AvgIpc) is 2.71. The summed E-state index contributed by atoms with van der Waals surface area (Å²) >= 11 is 0. The number of phenolic OH excluding ortho intramolecular Hbond substituents is 1. The summed E-state index contributed by atoms with van der Waals surface area (Å²) in [4.78, 5) is 14.3. The molecule has 0 bridgehead atoms. The number of nitrogens with zero attached hydrogens (tertiary/aromatic N) is 1. The van der Waals surface area contributed by atoms with Gasteiger partial charge < -0.3 is 20.5 Å². The summed E-state index contributed by atoms with van der Waals surface area (Å²) in [6.07, 6.45) is 0. The molecule has 3 rings (SSSR count). The number of benzene rings is 2. The molecule has 1 amide bonds. The molecule has 0 saturated heterocycles. The van der Waals surface area contributed by atoms with E-state index in [0.29, 0.717) is 30.9 Å². The molecule has 3 N–H and O–H groups in total. The number of rotatable bonds is 1. The molecule has 108 valence electrons. The van der Waals surface area contributed by atoms with Crippen LogP contribution in [0.3, 0.4) is 0 Å². The highest BCUT2D eigenvalue weighted by Gasteiger charge is 2.22. The zero-order valence-corrected chi connectivity index (χ0v) is 11.5. The van der Waals surface area contributed by atoms with E-state index in [9.17, 15) is 9.90 Å². The number of phenols is 1. The van der Waals surface area contributed by atoms with Crippen molar-refractivity contribution in [3.8, 4) is 11.5 Å². The highest BCUT2D eigenvalue weighted by atomic mass is 16.5. The normalized spacial score (nSPS) is 14.0. The summed E-state index contributed by atoms with van der Waals surface area (Å²) < 4.78 is 5.64. The number of anilines is 1. The van der Waals surface area contributed by atoms with E-state index < -0.39 is 0 Å². The van der Waals surface area contributed by atoms with Crippen molar-refractivity contribution >= 4 is 11.6 Å². The lowest BCUT2D eigenvalue weighted by Gasteiger charge is -2.20. The first-order valence-electron chi connectivity index (χ1n) is 6.73. The third-order valence-corrected chi connectivity index (χ3v) is 3.51. The second-order valence-corrected chi connectivity index (χ2v) is 4.95. The lowest BCUT2D eigenvalue weighted by atomic mass is 10.1. The van der Waals surface area contributed by atoms with E-state index in [0.717, 1.165) is 11.3 Å². The SMILES string of the molecule is Nc1ccc(O)cc1C(=O)N1CCOc2ccccc2C1. The van der Waals surface area contributed by atoms with E-state index in [-0.39, 0.29) is 11.7 Å². The van der Waals surface area contributed by atoms with Crippen LogP contribution in [0.15, 0.2) is 42.5 Å². The minimum Gasteiger partial charge on any atom is -0.508 e. The first kappa shape index (κ1) is 13.3. The van der Waals surface area contributed by atoms with E-state index in [1.165, 1.54) is 18.2 Å². The highest BCUT2D eigenvalue weighted by molar-refractivity contribution is 5.99. The van der Waals surface area contributed by atoms with Crippen molar-refractivity contribution in [2.45, 2.75) is 6.54 Å². The fraction of sp³-hybridized carbons (Fsp3) is 0.188. The van der Waals surface area contributed by atoms with Crippen LogP contribution in [-0.2, 0) is 6.54 Å². The van der Waals surface area contributed by atoms with Crippen molar-refractivity contribution in [3.05, 3.63) is 53.6 Å². The van der Waals surface area contributed by atoms with Gasteiger partial charge in [0.2, 0.25) is 0 Å². The second kappa shape index (κ2) is 5.36. The van der Waals surface area contributed by atoms with Gasteiger partial charge in [0.1, 0.15) is 18.1 Å². The number of carbonyl (C=O) groups excluding carboxylic acids is 1. The summed E-state index contributed by atoms with van der Waals surface area (Å²) in [5.41, 5.74) is 7.47. The van der Waals surface area contributed by atoms with Crippen LogP contribution >= 0.6 is 0 Å². The van der Waals surface area contributed by atoms with Gasteiger partial charge >= 0.3 is 0 Å². The maximum Gasteiger partial charge on any atom is 0.256 e. The number of amides is 1. The summed E-state index contributed by atoms with van der Waals surface area (Å²) in [5, 5.41) is 9.55. The molecule has 1 heterocycles. The van der Waals surface area contributed by atoms with E-state index in [1.807, 2.05) is 24.3 Å². The molecule has 0 aromatic heterocycles. The molecule has 2 aromatic carbocycles. The molecular formula is C16H16N2O3. The molecule has 0 unspecified atom stereocenters. The Hall–Kier alpha value is -2.69. The third kappa shape index (κ3) is 2.63. The van der Waals surface area contributed by atoms with Crippen LogP contribution in [0.25, 0.3) is 0 Å². The predicted octanol–water partition coefficient (Wildman–Crippen LogP) is 2.01. The molecule has 0 saturated carbocycles. The molecule has 0 spiro atoms. The number of aromatic hydroxyl groups is 1. The van der Waals surface area contributed by atoms with Crippen LogP contribution in [0.2, 0.25) is 0 Å². The maximum absolute atomic E-state index is 12.6. The van der Waals surface area contributed by atoms with Gasteiger partial charge in [-0.15, -0.1) is 0 Å². The number of ether oxygens (including phenoxy) is 1. The smallest absolute Gasteiger partial charge is 0.256 e. The first-order valence-corrected chi connectivity index (χ1v) is 6.73. The van der Waals surface area contributed by atoms with E-state index in [4.69, 9.17) is 10.5 Å². The summed E-state index contributed by atoms with van der Waals surface area (Å²) in [5.74, 6) is 0.624. The second-order valence-electron chi connectivity index (χ2n) is 4.95. The predicted molar refractivity (Wildman–Crippen MR) is 79.2 cm³/mol. The molecule has 0 aliphatic carbocycles. The Morgan fingerprint density at radius 2 is 2.05 bits per heavy atom. The van der Waals surface area contributed by atoms with Crippen LogP contribution in [0.5, 0.6) is 11.5 Å². The lowest BCUT2D eigenvalue weighted by Crippen LogP contribution is -2.32. The van der Waals surface area contributed by atoms with Crippen molar-refractivity contribution < 1.29 is 14.6 Å². The molecule has 5 heteroatoms. The Labute approximate surface area is 122 Å².